The van der Waals surface area contributed by atoms with Gasteiger partial charge in [-0.2, -0.15) is 0 Å². The van der Waals surface area contributed by atoms with E-state index in [1.165, 1.54) is 11.8 Å². The summed E-state index contributed by atoms with van der Waals surface area (Å²) >= 11 is 16.7. The number of anilines is 1. The second-order valence-electron chi connectivity index (χ2n) is 6.42. The zero-order chi connectivity index (χ0) is 22.4. The maximum Gasteiger partial charge on any atom is 0.234 e. The van der Waals surface area contributed by atoms with E-state index in [2.05, 4.69) is 38.0 Å². The third-order valence-electron chi connectivity index (χ3n) is 4.08. The minimum absolute atomic E-state index is 0.135. The largest absolute Gasteiger partial charge is 0.483 e. The summed E-state index contributed by atoms with van der Waals surface area (Å²) < 4.78 is 8.84. The van der Waals surface area contributed by atoms with Gasteiger partial charge in [0, 0.05) is 16.0 Å². The number of allylic oxidation sites excluding steroid dienone is 1. The Morgan fingerprint density at radius 2 is 2.03 bits per heavy atom. The standard InChI is InChI=1S/C21H19BrCl2N4O2S/c1-3-10-28-20(13(2)30-16-7-4-14(22)5-8-16)26-27-21(28)31-12-19(29)25-18-9-6-15(23)11-17(18)24/h3-9,11,13H,1,10,12H2,2H3,(H,25,29). The van der Waals surface area contributed by atoms with Gasteiger partial charge < -0.3 is 10.1 Å². The van der Waals surface area contributed by atoms with Crippen molar-refractivity contribution in [2.45, 2.75) is 24.7 Å². The van der Waals surface area contributed by atoms with E-state index in [1.807, 2.05) is 35.8 Å². The fourth-order valence-corrected chi connectivity index (χ4v) is 4.16. The van der Waals surface area contributed by atoms with E-state index in [0.717, 1.165) is 10.2 Å². The Morgan fingerprint density at radius 1 is 1.29 bits per heavy atom. The molecule has 1 atom stereocenters. The third-order valence-corrected chi connectivity index (χ3v) is 6.13. The predicted octanol–water partition coefficient (Wildman–Crippen LogP) is 6.40. The third kappa shape index (κ3) is 6.49. The zero-order valence-corrected chi connectivity index (χ0v) is 20.4. The predicted molar refractivity (Wildman–Crippen MR) is 129 cm³/mol. The molecule has 3 aromatic rings. The minimum atomic E-state index is -0.343. The number of thioether (sulfide) groups is 1. The average Bonchev–Trinajstić information content (AvgIpc) is 3.13. The number of nitrogens with zero attached hydrogens (tertiary/aromatic N) is 3. The highest BCUT2D eigenvalue weighted by atomic mass is 79.9. The molecule has 31 heavy (non-hydrogen) atoms. The molecule has 1 N–H and O–H groups in total. The fraction of sp³-hybridized carbons (Fsp3) is 0.190. The van der Waals surface area contributed by atoms with Gasteiger partial charge in [-0.15, -0.1) is 16.8 Å². The van der Waals surface area contributed by atoms with Crippen molar-refractivity contribution in [2.75, 3.05) is 11.1 Å². The monoisotopic (exact) mass is 540 g/mol. The number of nitrogens with one attached hydrogen (secondary N) is 1. The molecule has 0 spiro atoms. The van der Waals surface area contributed by atoms with E-state index in [-0.39, 0.29) is 17.8 Å². The molecule has 0 fully saturated rings. The van der Waals surface area contributed by atoms with Crippen molar-refractivity contribution in [1.29, 1.82) is 0 Å². The van der Waals surface area contributed by atoms with Gasteiger partial charge in [0.15, 0.2) is 17.1 Å². The quantitative estimate of drug-likeness (QED) is 0.250. The summed E-state index contributed by atoms with van der Waals surface area (Å²) in [6.45, 7) is 6.19. The highest BCUT2D eigenvalue weighted by Gasteiger charge is 2.20. The van der Waals surface area contributed by atoms with Crippen LogP contribution in [0.15, 0.2) is 64.7 Å². The zero-order valence-electron chi connectivity index (χ0n) is 16.5. The summed E-state index contributed by atoms with van der Waals surface area (Å²) in [5.41, 5.74) is 0.501. The van der Waals surface area contributed by atoms with Crippen LogP contribution in [0.5, 0.6) is 5.75 Å². The number of hydrogen-bond acceptors (Lipinski definition) is 5. The lowest BCUT2D eigenvalue weighted by atomic mass is 10.3. The second kappa shape index (κ2) is 11.0. The molecule has 10 heteroatoms. The Hall–Kier alpha value is -2.00. The molecule has 0 radical (unpaired) electrons. The van der Waals surface area contributed by atoms with Crippen molar-refractivity contribution in [3.63, 3.8) is 0 Å². The van der Waals surface area contributed by atoms with Gasteiger partial charge in [-0.1, -0.05) is 57.0 Å². The van der Waals surface area contributed by atoms with Crippen molar-refractivity contribution in [3.8, 4) is 5.75 Å². The number of carbonyl (C=O) groups excluding carboxylic acids is 1. The maximum atomic E-state index is 12.4. The first-order chi connectivity index (χ1) is 14.9. The van der Waals surface area contributed by atoms with E-state index in [9.17, 15) is 4.79 Å². The molecule has 162 valence electrons. The fourth-order valence-electron chi connectivity index (χ4n) is 2.69. The van der Waals surface area contributed by atoms with Crippen LogP contribution >= 0.6 is 50.9 Å². The first-order valence-corrected chi connectivity index (χ1v) is 11.7. The number of rotatable bonds is 9. The number of benzene rings is 2. The summed E-state index contributed by atoms with van der Waals surface area (Å²) in [4.78, 5) is 12.4. The van der Waals surface area contributed by atoms with Crippen LogP contribution in [-0.2, 0) is 11.3 Å². The Labute approximate surface area is 203 Å². The maximum absolute atomic E-state index is 12.4. The van der Waals surface area contributed by atoms with Crippen molar-refractivity contribution < 1.29 is 9.53 Å². The average molecular weight is 542 g/mol. The van der Waals surface area contributed by atoms with Crippen LogP contribution in [0.2, 0.25) is 10.0 Å². The molecule has 0 aliphatic rings. The molecule has 2 aromatic carbocycles. The SMILES string of the molecule is C=CCn1c(SCC(=O)Nc2ccc(Cl)cc2Cl)nnc1C(C)Oc1ccc(Br)cc1. The lowest BCUT2D eigenvalue weighted by Crippen LogP contribution is -2.15. The molecule has 0 aliphatic carbocycles. The first kappa shape index (κ1) is 23.7. The molecule has 1 aromatic heterocycles. The molecule has 1 heterocycles. The smallest absolute Gasteiger partial charge is 0.234 e. The Morgan fingerprint density at radius 3 is 2.71 bits per heavy atom. The second-order valence-corrected chi connectivity index (χ2v) is 9.12. The molecule has 3 rings (SSSR count). The number of halogens is 3. The molecular weight excluding hydrogens is 523 g/mol. The molecule has 0 saturated carbocycles. The van der Waals surface area contributed by atoms with Crippen LogP contribution in [-0.4, -0.2) is 26.4 Å². The topological polar surface area (TPSA) is 69.0 Å². The van der Waals surface area contributed by atoms with Crippen LogP contribution < -0.4 is 10.1 Å². The van der Waals surface area contributed by atoms with Gasteiger partial charge in [0.05, 0.1) is 16.5 Å². The van der Waals surface area contributed by atoms with Gasteiger partial charge in [0.2, 0.25) is 5.91 Å². The van der Waals surface area contributed by atoms with Crippen LogP contribution in [0.4, 0.5) is 5.69 Å². The molecule has 1 unspecified atom stereocenters. The number of aromatic nitrogens is 3. The normalized spacial score (nSPS) is 11.7. The first-order valence-electron chi connectivity index (χ1n) is 9.21. The summed E-state index contributed by atoms with van der Waals surface area (Å²) in [5.74, 6) is 1.28. The van der Waals surface area contributed by atoms with Gasteiger partial charge >= 0.3 is 0 Å². The number of carbonyl (C=O) groups is 1. The Bertz CT molecular complexity index is 1080. The van der Waals surface area contributed by atoms with Gasteiger partial charge in [-0.3, -0.25) is 9.36 Å². The van der Waals surface area contributed by atoms with E-state index >= 15 is 0 Å². The van der Waals surface area contributed by atoms with Crippen LogP contribution in [0.1, 0.15) is 18.9 Å². The lowest BCUT2D eigenvalue weighted by Gasteiger charge is -2.15. The molecular formula is C21H19BrCl2N4O2S. The highest BCUT2D eigenvalue weighted by molar-refractivity contribution is 9.10. The van der Waals surface area contributed by atoms with E-state index in [1.54, 1.807) is 24.3 Å². The van der Waals surface area contributed by atoms with Gasteiger partial charge in [0.1, 0.15) is 5.75 Å². The van der Waals surface area contributed by atoms with Crippen LogP contribution in [0.3, 0.4) is 0 Å². The number of hydrogen-bond donors (Lipinski definition) is 1. The lowest BCUT2D eigenvalue weighted by molar-refractivity contribution is -0.113. The van der Waals surface area contributed by atoms with Crippen molar-refractivity contribution >= 4 is 62.5 Å². The van der Waals surface area contributed by atoms with Crippen LogP contribution in [0.25, 0.3) is 0 Å². The van der Waals surface area contributed by atoms with E-state index < -0.39 is 0 Å². The van der Waals surface area contributed by atoms with Crippen LogP contribution in [0, 0.1) is 0 Å². The number of ether oxygens (including phenoxy) is 1. The van der Waals surface area contributed by atoms with Gasteiger partial charge in [-0.05, 0) is 49.4 Å². The molecule has 6 nitrogen and oxygen atoms in total. The van der Waals surface area contributed by atoms with Crippen molar-refractivity contribution in [1.82, 2.24) is 14.8 Å². The van der Waals surface area contributed by atoms with E-state index in [4.69, 9.17) is 27.9 Å². The summed E-state index contributed by atoms with van der Waals surface area (Å²) in [7, 11) is 0. The minimum Gasteiger partial charge on any atom is -0.483 e. The Kier molecular flexibility index (Phi) is 8.43. The van der Waals surface area contributed by atoms with Crippen molar-refractivity contribution in [2.24, 2.45) is 0 Å². The van der Waals surface area contributed by atoms with Crippen molar-refractivity contribution in [3.05, 3.63) is 75.5 Å². The summed E-state index contributed by atoms with van der Waals surface area (Å²) in [6, 6.07) is 12.5. The molecule has 0 aliphatic heterocycles. The number of amides is 1. The molecule has 1 amide bonds. The molecule has 0 saturated heterocycles. The summed E-state index contributed by atoms with van der Waals surface area (Å²) in [6.07, 6.45) is 1.40. The summed E-state index contributed by atoms with van der Waals surface area (Å²) in [5, 5.41) is 12.8. The van der Waals surface area contributed by atoms with Gasteiger partial charge in [-0.25, -0.2) is 0 Å². The van der Waals surface area contributed by atoms with E-state index in [0.29, 0.717) is 33.3 Å². The van der Waals surface area contributed by atoms with Gasteiger partial charge in [0.25, 0.3) is 0 Å². The highest BCUT2D eigenvalue weighted by Crippen LogP contribution is 2.27. The Balaban J connectivity index is 1.67. The molecule has 0 bridgehead atoms.